The lowest BCUT2D eigenvalue weighted by Crippen LogP contribution is -2.45. The third-order valence-corrected chi connectivity index (χ3v) is 0.912. The summed E-state index contributed by atoms with van der Waals surface area (Å²) in [6.07, 6.45) is 0.00500. The molecule has 1 atom stereocenters. The van der Waals surface area contributed by atoms with Crippen LogP contribution in [0.4, 0.5) is 0 Å². The van der Waals surface area contributed by atoms with Gasteiger partial charge >= 0.3 is 0 Å². The van der Waals surface area contributed by atoms with Gasteiger partial charge in [-0.25, -0.2) is 0 Å². The summed E-state index contributed by atoms with van der Waals surface area (Å²) in [7, 11) is 0. The van der Waals surface area contributed by atoms with E-state index in [1.807, 2.05) is 13.8 Å². The van der Waals surface area contributed by atoms with Crippen LogP contribution in [0.5, 0.6) is 0 Å². The van der Waals surface area contributed by atoms with Crippen LogP contribution < -0.4 is 10.8 Å². The Labute approximate surface area is 60.0 Å². The number of hydrogen-bond donors (Lipinski definition) is 1. The van der Waals surface area contributed by atoms with Crippen LogP contribution in [-0.4, -0.2) is 24.7 Å². The molecule has 0 spiro atoms. The monoisotopic (exact) mass is 146 g/mol. The van der Waals surface area contributed by atoms with Crippen LogP contribution in [0, 0.1) is 0 Å². The molecule has 0 radical (unpaired) electrons. The van der Waals surface area contributed by atoms with Crippen LogP contribution in [0.1, 0.15) is 13.8 Å². The van der Waals surface area contributed by atoms with Crippen molar-refractivity contribution < 1.29 is 14.6 Å². The van der Waals surface area contributed by atoms with E-state index in [4.69, 9.17) is 10.5 Å². The van der Waals surface area contributed by atoms with Gasteiger partial charge in [-0.2, -0.15) is 0 Å². The highest BCUT2D eigenvalue weighted by molar-refractivity contribution is 5.70. The van der Waals surface area contributed by atoms with Crippen LogP contribution in [0.15, 0.2) is 0 Å². The van der Waals surface area contributed by atoms with Crippen molar-refractivity contribution in [2.24, 2.45) is 5.73 Å². The minimum atomic E-state index is -1.28. The van der Waals surface area contributed by atoms with E-state index in [1.165, 1.54) is 0 Å². The van der Waals surface area contributed by atoms with Gasteiger partial charge in [0.25, 0.3) is 0 Å². The molecule has 0 aliphatic carbocycles. The Hall–Kier alpha value is -0.610. The molecule has 4 heteroatoms. The highest BCUT2D eigenvalue weighted by Crippen LogP contribution is 1.88. The number of aliphatic carboxylic acids is 1. The highest BCUT2D eigenvalue weighted by Gasteiger charge is 2.03. The number of nitrogens with two attached hydrogens (primary N) is 1. The number of carboxylic acids is 1. The maximum absolute atomic E-state index is 10.00. The Kier molecular flexibility index (Phi) is 3.99. The molecule has 0 rings (SSSR count). The summed E-state index contributed by atoms with van der Waals surface area (Å²) >= 11 is 0. The van der Waals surface area contributed by atoms with Crippen molar-refractivity contribution in [1.29, 1.82) is 0 Å². The van der Waals surface area contributed by atoms with Crippen molar-refractivity contribution in [2.75, 3.05) is 6.61 Å². The number of carbonyl (C=O) groups excluding carboxylic acids is 1. The first-order chi connectivity index (χ1) is 4.54. The maximum atomic E-state index is 10.00. The molecule has 0 bridgehead atoms. The Balaban J connectivity index is 3.40. The summed E-state index contributed by atoms with van der Waals surface area (Å²) in [5, 5.41) is 10.00. The maximum Gasteiger partial charge on any atom is 0.0680 e. The summed E-state index contributed by atoms with van der Waals surface area (Å²) in [6, 6.07) is -1.01. The van der Waals surface area contributed by atoms with E-state index in [9.17, 15) is 9.90 Å². The number of rotatable bonds is 4. The van der Waals surface area contributed by atoms with Crippen LogP contribution >= 0.6 is 0 Å². The molecule has 0 heterocycles. The zero-order chi connectivity index (χ0) is 8.15. The standard InChI is InChI=1S/C6H13NO3/c1-4(2)10-3-5(7)6(8)9/h4-5H,3,7H2,1-2H3,(H,8,9)/p-1/t5-/m1/s1. The Morgan fingerprint density at radius 1 is 1.70 bits per heavy atom. The Morgan fingerprint density at radius 3 is 2.50 bits per heavy atom. The van der Waals surface area contributed by atoms with Gasteiger partial charge in [0.1, 0.15) is 0 Å². The molecule has 0 amide bonds. The van der Waals surface area contributed by atoms with Gasteiger partial charge in [-0.3, -0.25) is 0 Å². The topological polar surface area (TPSA) is 75.4 Å². The van der Waals surface area contributed by atoms with Gasteiger partial charge in [-0.1, -0.05) is 0 Å². The van der Waals surface area contributed by atoms with Crippen LogP contribution in [0.25, 0.3) is 0 Å². The van der Waals surface area contributed by atoms with E-state index in [0.717, 1.165) is 0 Å². The molecule has 0 saturated carbocycles. The third-order valence-electron chi connectivity index (χ3n) is 0.912. The van der Waals surface area contributed by atoms with E-state index in [1.54, 1.807) is 0 Å². The quantitative estimate of drug-likeness (QED) is 0.523. The molecule has 0 aromatic rings. The summed E-state index contributed by atoms with van der Waals surface area (Å²) in [5.74, 6) is -1.28. The van der Waals surface area contributed by atoms with E-state index >= 15 is 0 Å². The molecule has 60 valence electrons. The summed E-state index contributed by atoms with van der Waals surface area (Å²) < 4.78 is 4.92. The van der Waals surface area contributed by atoms with E-state index < -0.39 is 12.0 Å². The summed E-state index contributed by atoms with van der Waals surface area (Å²) in [4.78, 5) is 10.00. The van der Waals surface area contributed by atoms with Gasteiger partial charge in [0, 0.05) is 0 Å². The molecule has 0 aliphatic heterocycles. The van der Waals surface area contributed by atoms with Crippen LogP contribution in [-0.2, 0) is 9.53 Å². The van der Waals surface area contributed by atoms with Crippen molar-refractivity contribution in [2.45, 2.75) is 26.0 Å². The van der Waals surface area contributed by atoms with Gasteiger partial charge in [0.2, 0.25) is 0 Å². The van der Waals surface area contributed by atoms with Gasteiger partial charge in [-0.05, 0) is 13.8 Å². The van der Waals surface area contributed by atoms with Gasteiger partial charge in [0.05, 0.1) is 24.7 Å². The molecule has 10 heavy (non-hydrogen) atoms. The fourth-order valence-corrected chi connectivity index (χ4v) is 0.364. The van der Waals surface area contributed by atoms with E-state index in [2.05, 4.69) is 0 Å². The minimum absolute atomic E-state index is 0.00500. The summed E-state index contributed by atoms with van der Waals surface area (Å²) in [5.41, 5.74) is 5.08. The average Bonchev–Trinajstić information content (AvgIpc) is 1.82. The molecular weight excluding hydrogens is 134 g/mol. The molecule has 0 aliphatic rings. The van der Waals surface area contributed by atoms with Crippen LogP contribution in [0.2, 0.25) is 0 Å². The normalized spacial score (nSPS) is 13.6. The molecular formula is C6H12NO3-. The zero-order valence-electron chi connectivity index (χ0n) is 6.16. The molecule has 0 aromatic heterocycles. The number of carboxylic acid groups (broad SMARTS) is 1. The van der Waals surface area contributed by atoms with Gasteiger partial charge < -0.3 is 20.4 Å². The molecule has 0 unspecified atom stereocenters. The molecule has 4 nitrogen and oxygen atoms in total. The Morgan fingerprint density at radius 2 is 2.20 bits per heavy atom. The molecule has 0 saturated heterocycles. The summed E-state index contributed by atoms with van der Waals surface area (Å²) in [6.45, 7) is 3.63. The second kappa shape index (κ2) is 4.24. The SMILES string of the molecule is CC(C)OC[C@@H](N)C(=O)[O-]. The largest absolute Gasteiger partial charge is 0.548 e. The molecule has 0 fully saturated rings. The van der Waals surface area contributed by atoms with Crippen molar-refractivity contribution in [1.82, 2.24) is 0 Å². The third kappa shape index (κ3) is 4.29. The lowest BCUT2D eigenvalue weighted by molar-refractivity contribution is -0.308. The Bertz CT molecular complexity index is 114. The minimum Gasteiger partial charge on any atom is -0.548 e. The fraction of sp³-hybridized carbons (Fsp3) is 0.833. The lowest BCUT2D eigenvalue weighted by Gasteiger charge is -2.14. The number of hydrogen-bond acceptors (Lipinski definition) is 4. The number of ether oxygens (including phenoxy) is 1. The lowest BCUT2D eigenvalue weighted by atomic mass is 10.3. The van der Waals surface area contributed by atoms with Gasteiger partial charge in [-0.15, -0.1) is 0 Å². The van der Waals surface area contributed by atoms with Crippen molar-refractivity contribution in [3.63, 3.8) is 0 Å². The van der Waals surface area contributed by atoms with Crippen molar-refractivity contribution in [3.05, 3.63) is 0 Å². The predicted octanol–water partition coefficient (Wildman–Crippen LogP) is -1.51. The van der Waals surface area contributed by atoms with Crippen molar-refractivity contribution in [3.8, 4) is 0 Å². The zero-order valence-corrected chi connectivity index (χ0v) is 6.16. The second-order valence-electron chi connectivity index (χ2n) is 2.31. The highest BCUT2D eigenvalue weighted by atomic mass is 16.5. The molecule has 2 N–H and O–H groups in total. The number of carbonyl (C=O) groups is 1. The first-order valence-electron chi connectivity index (χ1n) is 3.12. The first-order valence-corrected chi connectivity index (χ1v) is 3.12. The van der Waals surface area contributed by atoms with E-state index in [-0.39, 0.29) is 12.7 Å². The fourth-order valence-electron chi connectivity index (χ4n) is 0.364. The van der Waals surface area contributed by atoms with Crippen molar-refractivity contribution >= 4 is 5.97 Å². The predicted molar refractivity (Wildman–Crippen MR) is 34.1 cm³/mol. The van der Waals surface area contributed by atoms with E-state index in [0.29, 0.717) is 0 Å². The second-order valence-corrected chi connectivity index (χ2v) is 2.31. The smallest absolute Gasteiger partial charge is 0.0680 e. The van der Waals surface area contributed by atoms with Crippen LogP contribution in [0.3, 0.4) is 0 Å². The first kappa shape index (κ1) is 9.39. The molecule has 0 aromatic carbocycles. The average molecular weight is 146 g/mol. The van der Waals surface area contributed by atoms with Gasteiger partial charge in [0.15, 0.2) is 0 Å².